The zero-order valence-electron chi connectivity index (χ0n) is 9.24. The molecule has 0 aromatic carbocycles. The first-order valence-electron chi connectivity index (χ1n) is 5.51. The molecule has 6 heteroatoms. The van der Waals surface area contributed by atoms with Crippen LogP contribution in [0.4, 0.5) is 19.0 Å². The van der Waals surface area contributed by atoms with E-state index < -0.39 is 11.9 Å². The number of aromatic nitrogens is 1. The van der Waals surface area contributed by atoms with Crippen LogP contribution in [0.25, 0.3) is 0 Å². The number of nitrogens with zero attached hydrogens (tertiary/aromatic N) is 2. The van der Waals surface area contributed by atoms with Gasteiger partial charge in [-0.15, -0.1) is 0 Å². The first-order chi connectivity index (χ1) is 7.97. The van der Waals surface area contributed by atoms with Crippen molar-refractivity contribution < 1.29 is 13.2 Å². The molecule has 1 aliphatic heterocycles. The second kappa shape index (κ2) is 4.52. The highest BCUT2D eigenvalue weighted by atomic mass is 19.4. The maximum atomic E-state index is 12.5. The molecule has 0 unspecified atom stereocenters. The van der Waals surface area contributed by atoms with Crippen molar-refractivity contribution >= 4 is 5.82 Å². The maximum Gasteiger partial charge on any atom is 0.433 e. The number of nitrogens with two attached hydrogens (primary N) is 1. The monoisotopic (exact) mass is 245 g/mol. The molecule has 17 heavy (non-hydrogen) atoms. The van der Waals surface area contributed by atoms with Crippen molar-refractivity contribution in [1.82, 2.24) is 4.98 Å². The van der Waals surface area contributed by atoms with E-state index in [-0.39, 0.29) is 6.04 Å². The molecule has 1 aromatic rings. The molecule has 1 atom stereocenters. The summed E-state index contributed by atoms with van der Waals surface area (Å²) in [5.74, 6) is 0.356. The van der Waals surface area contributed by atoms with E-state index in [4.69, 9.17) is 5.73 Å². The summed E-state index contributed by atoms with van der Waals surface area (Å²) in [5, 5.41) is 0. The van der Waals surface area contributed by atoms with Gasteiger partial charge >= 0.3 is 6.18 Å². The van der Waals surface area contributed by atoms with E-state index in [0.717, 1.165) is 18.9 Å². The van der Waals surface area contributed by atoms with Gasteiger partial charge in [0.2, 0.25) is 0 Å². The standard InChI is InChI=1S/C11H14F3N3/c12-11(13,14)9-4-1-5-10(16-9)17-6-2-3-8(15)7-17/h1,4-5,8H,2-3,6-7,15H2/t8-/m1/s1. The van der Waals surface area contributed by atoms with Gasteiger partial charge in [-0.05, 0) is 25.0 Å². The van der Waals surface area contributed by atoms with Crippen LogP contribution in [-0.2, 0) is 6.18 Å². The number of hydrogen-bond acceptors (Lipinski definition) is 3. The average molecular weight is 245 g/mol. The number of piperidine rings is 1. The van der Waals surface area contributed by atoms with E-state index >= 15 is 0 Å². The highest BCUT2D eigenvalue weighted by Crippen LogP contribution is 2.29. The first kappa shape index (κ1) is 12.2. The van der Waals surface area contributed by atoms with Crippen molar-refractivity contribution in [3.8, 4) is 0 Å². The lowest BCUT2D eigenvalue weighted by Crippen LogP contribution is -2.43. The topological polar surface area (TPSA) is 42.1 Å². The van der Waals surface area contributed by atoms with Gasteiger partial charge in [0, 0.05) is 19.1 Å². The van der Waals surface area contributed by atoms with Gasteiger partial charge in [0.15, 0.2) is 0 Å². The lowest BCUT2D eigenvalue weighted by atomic mass is 10.1. The summed E-state index contributed by atoms with van der Waals surface area (Å²) in [6, 6.07) is 3.96. The van der Waals surface area contributed by atoms with Crippen LogP contribution in [0.1, 0.15) is 18.5 Å². The van der Waals surface area contributed by atoms with E-state index in [0.29, 0.717) is 18.9 Å². The third kappa shape index (κ3) is 2.88. The summed E-state index contributed by atoms with van der Waals surface area (Å²) in [7, 11) is 0. The Morgan fingerprint density at radius 3 is 2.76 bits per heavy atom. The normalized spacial score (nSPS) is 21.6. The molecule has 2 N–H and O–H groups in total. The number of alkyl halides is 3. The highest BCUT2D eigenvalue weighted by molar-refractivity contribution is 5.40. The predicted molar refractivity (Wildman–Crippen MR) is 58.7 cm³/mol. The molecule has 94 valence electrons. The molecule has 2 heterocycles. The Hall–Kier alpha value is -1.30. The third-order valence-electron chi connectivity index (χ3n) is 2.81. The van der Waals surface area contributed by atoms with Gasteiger partial charge < -0.3 is 10.6 Å². The molecule has 0 bridgehead atoms. The van der Waals surface area contributed by atoms with Gasteiger partial charge in [-0.2, -0.15) is 13.2 Å². The average Bonchev–Trinajstić information content (AvgIpc) is 2.28. The number of anilines is 1. The SMILES string of the molecule is N[C@@H]1CCCN(c2cccc(C(F)(F)F)n2)C1. The lowest BCUT2D eigenvalue weighted by molar-refractivity contribution is -0.141. The molecular weight excluding hydrogens is 231 g/mol. The van der Waals surface area contributed by atoms with Crippen LogP contribution in [0.3, 0.4) is 0 Å². The molecule has 1 fully saturated rings. The van der Waals surface area contributed by atoms with Gasteiger partial charge in [0.05, 0.1) is 0 Å². The van der Waals surface area contributed by atoms with Crippen LogP contribution < -0.4 is 10.6 Å². The van der Waals surface area contributed by atoms with Crippen LogP contribution in [-0.4, -0.2) is 24.1 Å². The van der Waals surface area contributed by atoms with Crippen molar-refractivity contribution in [2.75, 3.05) is 18.0 Å². The van der Waals surface area contributed by atoms with Gasteiger partial charge in [-0.3, -0.25) is 0 Å². The molecule has 0 spiro atoms. The second-order valence-electron chi connectivity index (χ2n) is 4.23. The molecule has 1 aliphatic rings. The molecule has 3 nitrogen and oxygen atoms in total. The summed E-state index contributed by atoms with van der Waals surface area (Å²) in [5.41, 5.74) is 4.94. The minimum absolute atomic E-state index is 0.0140. The number of pyridine rings is 1. The number of rotatable bonds is 1. The summed E-state index contributed by atoms with van der Waals surface area (Å²) >= 11 is 0. The Bertz CT molecular complexity index is 392. The molecule has 1 aromatic heterocycles. The van der Waals surface area contributed by atoms with Crippen LogP contribution in [0.5, 0.6) is 0 Å². The quantitative estimate of drug-likeness (QED) is 0.823. The smallest absolute Gasteiger partial charge is 0.355 e. The fourth-order valence-electron chi connectivity index (χ4n) is 1.98. The van der Waals surface area contributed by atoms with E-state index in [1.165, 1.54) is 6.07 Å². The Labute approximate surface area is 97.4 Å². The molecule has 0 aliphatic carbocycles. The van der Waals surface area contributed by atoms with Crippen molar-refractivity contribution in [3.63, 3.8) is 0 Å². The Balaban J connectivity index is 2.21. The van der Waals surface area contributed by atoms with Gasteiger partial charge in [0.1, 0.15) is 11.5 Å². The third-order valence-corrected chi connectivity index (χ3v) is 2.81. The van der Waals surface area contributed by atoms with E-state index in [1.54, 1.807) is 6.07 Å². The van der Waals surface area contributed by atoms with Crippen LogP contribution in [0, 0.1) is 0 Å². The van der Waals surface area contributed by atoms with Crippen LogP contribution >= 0.6 is 0 Å². The van der Waals surface area contributed by atoms with Crippen molar-refractivity contribution in [2.45, 2.75) is 25.1 Å². The highest BCUT2D eigenvalue weighted by Gasteiger charge is 2.33. The molecular formula is C11H14F3N3. The van der Waals surface area contributed by atoms with Crippen molar-refractivity contribution in [2.24, 2.45) is 5.73 Å². The Morgan fingerprint density at radius 1 is 1.35 bits per heavy atom. The Kier molecular flexibility index (Phi) is 3.24. The van der Waals surface area contributed by atoms with E-state index in [9.17, 15) is 13.2 Å². The molecule has 0 radical (unpaired) electrons. The second-order valence-corrected chi connectivity index (χ2v) is 4.23. The largest absolute Gasteiger partial charge is 0.433 e. The van der Waals surface area contributed by atoms with Crippen molar-refractivity contribution in [3.05, 3.63) is 23.9 Å². The predicted octanol–water partition coefficient (Wildman–Crippen LogP) is 2.03. The summed E-state index contributed by atoms with van der Waals surface area (Å²) in [6.45, 7) is 1.27. The minimum Gasteiger partial charge on any atom is -0.355 e. The summed E-state index contributed by atoms with van der Waals surface area (Å²) in [6.07, 6.45) is -2.59. The summed E-state index contributed by atoms with van der Waals surface area (Å²) < 4.78 is 37.5. The fraction of sp³-hybridized carbons (Fsp3) is 0.545. The molecule has 0 amide bonds. The molecule has 2 rings (SSSR count). The Morgan fingerprint density at radius 2 is 2.12 bits per heavy atom. The zero-order chi connectivity index (χ0) is 12.5. The lowest BCUT2D eigenvalue weighted by Gasteiger charge is -2.31. The minimum atomic E-state index is -4.39. The maximum absolute atomic E-state index is 12.5. The zero-order valence-corrected chi connectivity index (χ0v) is 9.24. The van der Waals surface area contributed by atoms with Crippen LogP contribution in [0.15, 0.2) is 18.2 Å². The van der Waals surface area contributed by atoms with Crippen molar-refractivity contribution in [1.29, 1.82) is 0 Å². The van der Waals surface area contributed by atoms with Crippen LogP contribution in [0.2, 0.25) is 0 Å². The van der Waals surface area contributed by atoms with E-state index in [1.807, 2.05) is 4.90 Å². The number of halogens is 3. The molecule has 1 saturated heterocycles. The van der Waals surface area contributed by atoms with Gasteiger partial charge in [-0.1, -0.05) is 6.07 Å². The molecule has 0 saturated carbocycles. The first-order valence-corrected chi connectivity index (χ1v) is 5.51. The fourth-order valence-corrected chi connectivity index (χ4v) is 1.98. The number of hydrogen-bond donors (Lipinski definition) is 1. The van der Waals surface area contributed by atoms with Gasteiger partial charge in [0.25, 0.3) is 0 Å². The van der Waals surface area contributed by atoms with E-state index in [2.05, 4.69) is 4.98 Å². The van der Waals surface area contributed by atoms with Gasteiger partial charge in [-0.25, -0.2) is 4.98 Å². The summed E-state index contributed by atoms with van der Waals surface area (Å²) in [4.78, 5) is 5.46.